The summed E-state index contributed by atoms with van der Waals surface area (Å²) in [6, 6.07) is 5.40. The van der Waals surface area contributed by atoms with Crippen LogP contribution in [0.5, 0.6) is 11.5 Å². The lowest BCUT2D eigenvalue weighted by molar-refractivity contribution is 0.114. The molecule has 7 nitrogen and oxygen atoms in total. The Kier molecular flexibility index (Phi) is 11.6. The Bertz CT molecular complexity index is 615. The van der Waals surface area contributed by atoms with Crippen molar-refractivity contribution >= 4 is 29.9 Å². The number of rotatable bonds is 9. The van der Waals surface area contributed by atoms with Gasteiger partial charge in [-0.05, 0) is 38.5 Å². The van der Waals surface area contributed by atoms with E-state index >= 15 is 0 Å². The van der Waals surface area contributed by atoms with Gasteiger partial charge in [-0.2, -0.15) is 0 Å². The van der Waals surface area contributed by atoms with E-state index in [4.69, 9.17) is 14.2 Å². The first kappa shape index (κ1) is 24.8. The number of aliphatic hydroxyl groups is 1. The number of hydrogen-bond donors (Lipinski definition) is 2. The lowest BCUT2D eigenvalue weighted by Crippen LogP contribution is -2.40. The molecule has 2 unspecified atom stereocenters. The minimum absolute atomic E-state index is 0. The van der Waals surface area contributed by atoms with Gasteiger partial charge < -0.3 is 29.5 Å². The normalized spacial score (nSPS) is 17.8. The lowest BCUT2D eigenvalue weighted by Gasteiger charge is -2.22. The maximum Gasteiger partial charge on any atom is 0.194 e. The number of likely N-dealkylation sites (tertiary alicyclic amines) is 1. The van der Waals surface area contributed by atoms with E-state index in [9.17, 15) is 5.11 Å². The monoisotopic (exact) mass is 507 g/mol. The van der Waals surface area contributed by atoms with Gasteiger partial charge in [0, 0.05) is 37.7 Å². The smallest absolute Gasteiger partial charge is 0.194 e. The highest BCUT2D eigenvalue weighted by Gasteiger charge is 2.25. The lowest BCUT2D eigenvalue weighted by atomic mass is 10.1. The Morgan fingerprint density at radius 2 is 2.11 bits per heavy atom. The molecule has 2 rings (SSSR count). The molecular formula is C20H34IN3O4. The van der Waals surface area contributed by atoms with Crippen LogP contribution in [0.4, 0.5) is 0 Å². The molecule has 1 saturated heterocycles. The number of aliphatic imine (C=N–C) groups is 1. The van der Waals surface area contributed by atoms with Crippen molar-refractivity contribution in [3.63, 3.8) is 0 Å². The number of nitrogens with zero attached hydrogens (tertiary/aromatic N) is 2. The zero-order chi connectivity index (χ0) is 19.6. The second-order valence-electron chi connectivity index (χ2n) is 6.58. The van der Waals surface area contributed by atoms with E-state index in [1.54, 1.807) is 26.4 Å². The molecule has 0 amide bonds. The van der Waals surface area contributed by atoms with Crippen LogP contribution >= 0.6 is 24.0 Å². The van der Waals surface area contributed by atoms with Crippen molar-refractivity contribution in [1.82, 2.24) is 10.2 Å². The fourth-order valence-corrected chi connectivity index (χ4v) is 3.24. The Hall–Kier alpha value is -1.26. The Balaban J connectivity index is 0.00000392. The van der Waals surface area contributed by atoms with Crippen molar-refractivity contribution in [1.29, 1.82) is 0 Å². The van der Waals surface area contributed by atoms with Crippen molar-refractivity contribution < 1.29 is 19.3 Å². The van der Waals surface area contributed by atoms with Crippen LogP contribution in [0.3, 0.4) is 0 Å². The van der Waals surface area contributed by atoms with E-state index < -0.39 is 6.10 Å². The van der Waals surface area contributed by atoms with E-state index in [0.29, 0.717) is 23.0 Å². The molecule has 0 radical (unpaired) electrons. The second-order valence-corrected chi connectivity index (χ2v) is 6.58. The van der Waals surface area contributed by atoms with Gasteiger partial charge in [0.1, 0.15) is 17.6 Å². The predicted molar refractivity (Wildman–Crippen MR) is 122 cm³/mol. The Morgan fingerprint density at radius 1 is 1.32 bits per heavy atom. The van der Waals surface area contributed by atoms with Gasteiger partial charge in [0.25, 0.3) is 0 Å². The summed E-state index contributed by atoms with van der Waals surface area (Å²) in [5, 5.41) is 14.0. The summed E-state index contributed by atoms with van der Waals surface area (Å²) >= 11 is 0. The highest BCUT2D eigenvalue weighted by molar-refractivity contribution is 14.0. The van der Waals surface area contributed by atoms with Gasteiger partial charge >= 0.3 is 0 Å². The molecule has 2 atom stereocenters. The van der Waals surface area contributed by atoms with Gasteiger partial charge in [-0.1, -0.05) is 0 Å². The molecule has 1 heterocycles. The first-order valence-corrected chi connectivity index (χ1v) is 9.63. The van der Waals surface area contributed by atoms with Crippen LogP contribution in [-0.4, -0.2) is 69.6 Å². The average molecular weight is 507 g/mol. The standard InChI is InChI=1S/C20H33N3O4.HI/c1-5-21-20(23-10-9-15(13-23)14-27-6-2)22-12-18(24)17-11-16(25-3)7-8-19(17)26-4;/h7-8,11,15,18,24H,5-6,9-10,12-14H2,1-4H3,(H,21,22);1H. The number of ether oxygens (including phenoxy) is 3. The first-order valence-electron chi connectivity index (χ1n) is 9.63. The van der Waals surface area contributed by atoms with Crippen molar-refractivity contribution in [3.8, 4) is 11.5 Å². The molecular weight excluding hydrogens is 473 g/mol. The molecule has 0 bridgehead atoms. The van der Waals surface area contributed by atoms with E-state index in [-0.39, 0.29) is 30.5 Å². The number of benzene rings is 1. The van der Waals surface area contributed by atoms with E-state index in [1.807, 2.05) is 19.9 Å². The van der Waals surface area contributed by atoms with Crippen LogP contribution in [0.1, 0.15) is 31.9 Å². The third-order valence-electron chi connectivity index (χ3n) is 4.69. The molecule has 0 saturated carbocycles. The van der Waals surface area contributed by atoms with Crippen LogP contribution in [-0.2, 0) is 4.74 Å². The summed E-state index contributed by atoms with van der Waals surface area (Å²) in [6.07, 6.45) is 0.321. The largest absolute Gasteiger partial charge is 0.497 e. The fourth-order valence-electron chi connectivity index (χ4n) is 3.24. The molecule has 8 heteroatoms. The molecule has 28 heavy (non-hydrogen) atoms. The van der Waals surface area contributed by atoms with Crippen LogP contribution in [0.15, 0.2) is 23.2 Å². The summed E-state index contributed by atoms with van der Waals surface area (Å²) in [7, 11) is 3.19. The zero-order valence-electron chi connectivity index (χ0n) is 17.3. The number of aliphatic hydroxyl groups excluding tert-OH is 1. The SMILES string of the molecule is CCNC(=NCC(O)c1cc(OC)ccc1OC)N1CCC(COCC)C1.I. The van der Waals surface area contributed by atoms with Gasteiger partial charge in [0.05, 0.1) is 27.4 Å². The summed E-state index contributed by atoms with van der Waals surface area (Å²) < 4.78 is 16.2. The van der Waals surface area contributed by atoms with Crippen molar-refractivity contribution in [2.45, 2.75) is 26.4 Å². The minimum atomic E-state index is -0.773. The van der Waals surface area contributed by atoms with E-state index in [2.05, 4.69) is 15.2 Å². The Labute approximate surface area is 185 Å². The summed E-state index contributed by atoms with van der Waals surface area (Å²) in [5.74, 6) is 2.66. The molecule has 0 aromatic heterocycles. The molecule has 1 aliphatic heterocycles. The van der Waals surface area contributed by atoms with Crippen LogP contribution in [0, 0.1) is 5.92 Å². The van der Waals surface area contributed by atoms with Gasteiger partial charge in [0.2, 0.25) is 0 Å². The number of methoxy groups -OCH3 is 2. The van der Waals surface area contributed by atoms with Crippen LogP contribution < -0.4 is 14.8 Å². The van der Waals surface area contributed by atoms with Crippen LogP contribution in [0.25, 0.3) is 0 Å². The van der Waals surface area contributed by atoms with E-state index in [0.717, 1.165) is 45.2 Å². The molecule has 160 valence electrons. The van der Waals surface area contributed by atoms with Crippen molar-refractivity contribution in [2.24, 2.45) is 10.9 Å². The predicted octanol–water partition coefficient (Wildman–Crippen LogP) is 2.68. The summed E-state index contributed by atoms with van der Waals surface area (Å²) in [4.78, 5) is 6.90. The van der Waals surface area contributed by atoms with Crippen LogP contribution in [0.2, 0.25) is 0 Å². The third-order valence-corrected chi connectivity index (χ3v) is 4.69. The number of halogens is 1. The zero-order valence-corrected chi connectivity index (χ0v) is 19.6. The average Bonchev–Trinajstić information content (AvgIpc) is 3.17. The summed E-state index contributed by atoms with van der Waals surface area (Å²) in [5.41, 5.74) is 0.673. The highest BCUT2D eigenvalue weighted by atomic mass is 127. The second kappa shape index (κ2) is 13.1. The summed E-state index contributed by atoms with van der Waals surface area (Å²) in [6.45, 7) is 8.50. The quantitative estimate of drug-likeness (QED) is 0.304. The molecule has 1 aliphatic rings. The molecule has 0 aliphatic carbocycles. The van der Waals surface area contributed by atoms with Gasteiger partial charge in [-0.15, -0.1) is 24.0 Å². The Morgan fingerprint density at radius 3 is 2.75 bits per heavy atom. The molecule has 1 fully saturated rings. The molecule has 1 aromatic rings. The molecule has 0 spiro atoms. The maximum atomic E-state index is 10.7. The van der Waals surface area contributed by atoms with E-state index in [1.165, 1.54) is 0 Å². The topological polar surface area (TPSA) is 75.6 Å². The fraction of sp³-hybridized carbons (Fsp3) is 0.650. The molecule has 1 aromatic carbocycles. The van der Waals surface area contributed by atoms with Gasteiger partial charge in [0.15, 0.2) is 5.96 Å². The minimum Gasteiger partial charge on any atom is -0.497 e. The van der Waals surface area contributed by atoms with Gasteiger partial charge in [-0.3, -0.25) is 4.99 Å². The third kappa shape index (κ3) is 6.97. The first-order chi connectivity index (χ1) is 13.1. The number of nitrogens with one attached hydrogen (secondary N) is 1. The highest BCUT2D eigenvalue weighted by Crippen LogP contribution is 2.29. The van der Waals surface area contributed by atoms with Crippen molar-refractivity contribution in [3.05, 3.63) is 23.8 Å². The van der Waals surface area contributed by atoms with Crippen molar-refractivity contribution in [2.75, 3.05) is 53.6 Å². The maximum absolute atomic E-state index is 10.7. The molecule has 2 N–H and O–H groups in total. The van der Waals surface area contributed by atoms with Gasteiger partial charge in [-0.25, -0.2) is 0 Å². The number of hydrogen-bond acceptors (Lipinski definition) is 5. The number of guanidine groups is 1.